The summed E-state index contributed by atoms with van der Waals surface area (Å²) in [5.74, 6) is 0.476. The zero-order valence-corrected chi connectivity index (χ0v) is 44.3. The van der Waals surface area contributed by atoms with Gasteiger partial charge in [-0.3, -0.25) is 9.55 Å². The highest BCUT2D eigenvalue weighted by Gasteiger charge is 2.30. The highest BCUT2D eigenvalue weighted by Crippen LogP contribution is 2.47. The molecule has 9 aromatic rings. The Bertz CT molecular complexity index is 3930. The molecule has 0 aliphatic carbocycles. The van der Waals surface area contributed by atoms with Crippen LogP contribution in [0.5, 0.6) is 5.75 Å². The average molecular weight is 974 g/mol. The molecule has 7 aromatic carbocycles. The van der Waals surface area contributed by atoms with Crippen LogP contribution in [0.4, 0.5) is 0 Å². The van der Waals surface area contributed by atoms with Gasteiger partial charge < -0.3 is 5.11 Å². The number of aromatic hydroxyl groups is 1. The highest BCUT2D eigenvalue weighted by atomic mass is 16.3. The third kappa shape index (κ3) is 10.2. The van der Waals surface area contributed by atoms with E-state index in [1.807, 2.05) is 89.5 Å². The fourth-order valence-electron chi connectivity index (χ4n) is 9.62. The molecular formula is C69H75N3O. The van der Waals surface area contributed by atoms with Crippen molar-refractivity contribution in [2.24, 2.45) is 0 Å². The van der Waals surface area contributed by atoms with Gasteiger partial charge in [-0.2, -0.15) is 0 Å². The number of pyridine rings is 1. The second kappa shape index (κ2) is 18.5. The van der Waals surface area contributed by atoms with E-state index < -0.39 is 38.2 Å². The summed E-state index contributed by atoms with van der Waals surface area (Å²) < 4.78 is 104. The lowest BCUT2D eigenvalue weighted by molar-refractivity contribution is 0.446. The molecule has 0 fully saturated rings. The number of nitrogens with zero attached hydrogens (tertiary/aromatic N) is 3. The van der Waals surface area contributed by atoms with Gasteiger partial charge in [0.15, 0.2) is 0 Å². The van der Waals surface area contributed by atoms with Crippen LogP contribution in [0.15, 0.2) is 158 Å². The number of aromatic nitrogens is 3. The molecule has 2 aromatic heterocycles. The van der Waals surface area contributed by atoms with Crippen LogP contribution in [0.3, 0.4) is 0 Å². The van der Waals surface area contributed by atoms with Gasteiger partial charge in [-0.1, -0.05) is 207 Å². The minimum atomic E-state index is -3.40. The topological polar surface area (TPSA) is 50.9 Å². The van der Waals surface area contributed by atoms with E-state index in [4.69, 9.17) is 22.3 Å². The Kier molecular flexibility index (Phi) is 9.53. The standard InChI is InChI=1S/C69H75N3O/c1-43-35-61(56(45-21-18-17-19-22-45)42-55(43)46-27-31-51(32-28-46)66(5,6)7)72-60-24-20-23-54(62(60)71-64(72)57-40-53(68(11,12)13)41-58(63(57)73)69(14,15)16)48-36-49(38-52(37-48)67(8,9)10)59-39-47(33-34-70-59)44-25-29-50(30-26-44)65(2,3)4/h17-42,73H,1-16H3/i1D3,2D3,3D3,4D3. The molecule has 0 bridgehead atoms. The molecule has 0 spiro atoms. The first kappa shape index (κ1) is 37.7. The number of aryl methyl sites for hydroxylation is 1. The SMILES string of the molecule is [2H]C([2H])([2H])c1cc(-n2c(-c3cc(C(C)(C)C)cc(C(C)(C)C)c3O)nc3c(-c4cc(-c5cc(-c6ccc(C(C([2H])([2H])[2H])(C([2H])([2H])[2H])C([2H])([2H])[2H])cc6)ccn5)cc(C(C)(C)C)c4)cccc32)c(-c2ccccc2)cc1-c1ccc(C(C)(C)C)cc1. The molecule has 4 nitrogen and oxygen atoms in total. The number of imidazole rings is 1. The number of hydrogen-bond donors (Lipinski definition) is 1. The van der Waals surface area contributed by atoms with Crippen LogP contribution in [0, 0.1) is 6.85 Å². The lowest BCUT2D eigenvalue weighted by atomic mass is 9.79. The van der Waals surface area contributed by atoms with Gasteiger partial charge in [-0.05, 0) is 144 Å². The van der Waals surface area contributed by atoms with Gasteiger partial charge >= 0.3 is 0 Å². The van der Waals surface area contributed by atoms with Gasteiger partial charge in [0.25, 0.3) is 0 Å². The zero-order valence-electron chi connectivity index (χ0n) is 56.3. The summed E-state index contributed by atoms with van der Waals surface area (Å²) in [7, 11) is 0. The maximum absolute atomic E-state index is 12.8. The number of rotatable bonds is 7. The van der Waals surface area contributed by atoms with Crippen molar-refractivity contribution < 1.29 is 21.6 Å². The Labute approximate surface area is 453 Å². The summed E-state index contributed by atoms with van der Waals surface area (Å²) in [5.41, 5.74) is 8.48. The quantitative estimate of drug-likeness (QED) is 0.173. The van der Waals surface area contributed by atoms with Crippen LogP contribution >= 0.6 is 0 Å². The Hall–Kier alpha value is -7.04. The van der Waals surface area contributed by atoms with E-state index in [1.54, 1.807) is 30.5 Å². The largest absolute Gasteiger partial charge is 0.507 e. The van der Waals surface area contributed by atoms with Crippen LogP contribution in [0.2, 0.25) is 0 Å². The lowest BCUT2D eigenvalue weighted by Crippen LogP contribution is -2.17. The molecule has 0 saturated heterocycles. The molecule has 0 saturated carbocycles. The van der Waals surface area contributed by atoms with Gasteiger partial charge in [0.2, 0.25) is 0 Å². The normalized spacial score (nSPS) is 15.8. The van der Waals surface area contributed by atoms with E-state index in [9.17, 15) is 9.22 Å². The second-order valence-electron chi connectivity index (χ2n) is 23.8. The van der Waals surface area contributed by atoms with Crippen molar-refractivity contribution in [3.8, 4) is 78.6 Å². The Balaban J connectivity index is 1.33. The van der Waals surface area contributed by atoms with Gasteiger partial charge in [-0.15, -0.1) is 0 Å². The van der Waals surface area contributed by atoms with E-state index in [-0.39, 0.29) is 33.1 Å². The monoisotopic (exact) mass is 974 g/mol. The summed E-state index contributed by atoms with van der Waals surface area (Å²) >= 11 is 0. The van der Waals surface area contributed by atoms with Crippen LogP contribution in [0.1, 0.15) is 153 Å². The maximum Gasteiger partial charge on any atom is 0.149 e. The molecule has 2 heterocycles. The summed E-state index contributed by atoms with van der Waals surface area (Å²) in [6.45, 7) is 12.7. The van der Waals surface area contributed by atoms with Crippen LogP contribution in [-0.4, -0.2) is 19.6 Å². The number of para-hydroxylation sites is 1. The smallest absolute Gasteiger partial charge is 0.149 e. The zero-order chi connectivity index (χ0) is 62.6. The Morgan fingerprint density at radius 2 is 1.04 bits per heavy atom. The van der Waals surface area contributed by atoms with Crippen molar-refractivity contribution in [3.05, 3.63) is 191 Å². The molecule has 0 aliphatic rings. The molecule has 9 rings (SSSR count). The molecule has 0 unspecified atom stereocenters. The molecule has 73 heavy (non-hydrogen) atoms. The first-order valence-electron chi connectivity index (χ1n) is 31.1. The summed E-state index contributed by atoms with van der Waals surface area (Å²) in [5, 5.41) is 12.8. The molecule has 4 heteroatoms. The molecular weight excluding hydrogens is 887 g/mol. The van der Waals surface area contributed by atoms with E-state index in [0.717, 1.165) is 55.6 Å². The predicted molar refractivity (Wildman–Crippen MR) is 311 cm³/mol. The number of benzene rings is 7. The van der Waals surface area contributed by atoms with E-state index >= 15 is 0 Å². The number of phenolic OH excluding ortho intramolecular Hbond substituents is 1. The second-order valence-corrected chi connectivity index (χ2v) is 23.8. The van der Waals surface area contributed by atoms with E-state index in [2.05, 4.69) is 113 Å². The van der Waals surface area contributed by atoms with Crippen molar-refractivity contribution >= 4 is 11.0 Å². The van der Waals surface area contributed by atoms with Crippen molar-refractivity contribution in [1.82, 2.24) is 14.5 Å². The Morgan fingerprint density at radius 1 is 0.438 bits per heavy atom. The molecule has 0 atom stereocenters. The lowest BCUT2D eigenvalue weighted by Gasteiger charge is -2.28. The summed E-state index contributed by atoms with van der Waals surface area (Å²) in [6.07, 6.45) is 1.66. The molecule has 0 aliphatic heterocycles. The van der Waals surface area contributed by atoms with Crippen molar-refractivity contribution in [2.45, 2.75) is 138 Å². The first-order valence-corrected chi connectivity index (χ1v) is 25.1. The van der Waals surface area contributed by atoms with E-state index in [0.29, 0.717) is 50.5 Å². The first-order chi connectivity index (χ1) is 39.1. The predicted octanol–water partition coefficient (Wildman–Crippen LogP) is 18.9. The van der Waals surface area contributed by atoms with Gasteiger partial charge in [0.1, 0.15) is 11.6 Å². The van der Waals surface area contributed by atoms with Crippen molar-refractivity contribution in [1.29, 1.82) is 0 Å². The summed E-state index contributed by atoms with van der Waals surface area (Å²) in [4.78, 5) is 10.5. The van der Waals surface area contributed by atoms with Crippen LogP contribution in [0.25, 0.3) is 83.9 Å². The molecule has 0 amide bonds. The number of hydrogen-bond acceptors (Lipinski definition) is 3. The van der Waals surface area contributed by atoms with Crippen LogP contribution in [-0.2, 0) is 27.1 Å². The van der Waals surface area contributed by atoms with Crippen LogP contribution < -0.4 is 0 Å². The van der Waals surface area contributed by atoms with Gasteiger partial charge in [0.05, 0.1) is 28.0 Å². The fraction of sp³-hybridized carbons (Fsp3) is 0.304. The number of phenols is 1. The number of fused-ring (bicyclic) bond motifs is 1. The third-order valence-electron chi connectivity index (χ3n) is 14.1. The third-order valence-corrected chi connectivity index (χ3v) is 14.1. The molecule has 0 radical (unpaired) electrons. The Morgan fingerprint density at radius 3 is 1.66 bits per heavy atom. The van der Waals surface area contributed by atoms with Crippen molar-refractivity contribution in [3.63, 3.8) is 0 Å². The summed E-state index contributed by atoms with van der Waals surface area (Å²) in [6, 6.07) is 47.4. The maximum atomic E-state index is 12.8. The van der Waals surface area contributed by atoms with Gasteiger partial charge in [-0.25, -0.2) is 4.98 Å². The molecule has 1 N–H and O–H groups in total. The molecule has 372 valence electrons. The highest BCUT2D eigenvalue weighted by molar-refractivity contribution is 5.98. The minimum Gasteiger partial charge on any atom is -0.507 e. The fourth-order valence-corrected chi connectivity index (χ4v) is 9.62. The van der Waals surface area contributed by atoms with Gasteiger partial charge in [0, 0.05) is 44.9 Å². The van der Waals surface area contributed by atoms with E-state index in [1.165, 1.54) is 12.1 Å². The average Bonchev–Trinajstić information content (AvgIpc) is 1.45. The van der Waals surface area contributed by atoms with Crippen molar-refractivity contribution in [2.75, 3.05) is 0 Å². The minimum absolute atomic E-state index is 0.0650.